The second-order valence-electron chi connectivity index (χ2n) is 9.49. The van der Waals surface area contributed by atoms with Gasteiger partial charge in [-0.2, -0.15) is 0 Å². The second kappa shape index (κ2) is 10.8. The number of carbonyl (C=O) groups excluding carboxylic acids is 2. The molecule has 0 bridgehead atoms. The molecule has 0 saturated carbocycles. The van der Waals surface area contributed by atoms with Gasteiger partial charge in [0.05, 0.1) is 17.1 Å². The third kappa shape index (κ3) is 5.77. The van der Waals surface area contributed by atoms with Crippen LogP contribution in [0.2, 0.25) is 0 Å². The molecule has 184 valence electrons. The van der Waals surface area contributed by atoms with Gasteiger partial charge < -0.3 is 14.4 Å². The molecule has 3 heterocycles. The van der Waals surface area contributed by atoms with Crippen LogP contribution in [0.15, 0.2) is 48.7 Å². The zero-order valence-electron chi connectivity index (χ0n) is 21.0. The maximum absolute atomic E-state index is 13.1. The zero-order valence-corrected chi connectivity index (χ0v) is 21.0. The summed E-state index contributed by atoms with van der Waals surface area (Å²) in [5, 5.41) is 3.04. The van der Waals surface area contributed by atoms with E-state index in [4.69, 9.17) is 4.98 Å². The molecule has 1 N–H and O–H groups in total. The molecule has 0 unspecified atom stereocenters. The van der Waals surface area contributed by atoms with E-state index < -0.39 is 0 Å². The van der Waals surface area contributed by atoms with Crippen LogP contribution in [-0.4, -0.2) is 69.9 Å². The van der Waals surface area contributed by atoms with Gasteiger partial charge in [0, 0.05) is 43.2 Å². The summed E-state index contributed by atoms with van der Waals surface area (Å²) in [4.78, 5) is 39.0. The summed E-state index contributed by atoms with van der Waals surface area (Å²) in [5.41, 5.74) is 4.23. The summed E-state index contributed by atoms with van der Waals surface area (Å²) in [7, 11) is 3.96. The van der Waals surface area contributed by atoms with Crippen LogP contribution in [-0.2, 0) is 4.79 Å². The van der Waals surface area contributed by atoms with Crippen LogP contribution in [0.25, 0.3) is 11.0 Å². The highest BCUT2D eigenvalue weighted by Crippen LogP contribution is 2.32. The van der Waals surface area contributed by atoms with Gasteiger partial charge in [-0.3, -0.25) is 19.9 Å². The van der Waals surface area contributed by atoms with Crippen molar-refractivity contribution >= 4 is 28.8 Å². The first-order valence-electron chi connectivity index (χ1n) is 12.1. The van der Waals surface area contributed by atoms with Crippen molar-refractivity contribution in [1.29, 1.82) is 0 Å². The van der Waals surface area contributed by atoms with E-state index in [1.807, 2.05) is 49.0 Å². The Balaban J connectivity index is 1.68. The summed E-state index contributed by atoms with van der Waals surface area (Å²) >= 11 is 0. The van der Waals surface area contributed by atoms with Crippen LogP contribution in [0.3, 0.4) is 0 Å². The highest BCUT2D eigenvalue weighted by Gasteiger charge is 2.27. The van der Waals surface area contributed by atoms with Crippen molar-refractivity contribution in [2.75, 3.05) is 39.0 Å². The molecule has 4 rings (SSSR count). The predicted molar refractivity (Wildman–Crippen MR) is 139 cm³/mol. The molecular weight excluding hydrogens is 440 g/mol. The number of likely N-dealkylation sites (tertiary alicyclic amines) is 1. The Labute approximate surface area is 206 Å². The van der Waals surface area contributed by atoms with E-state index in [0.29, 0.717) is 18.1 Å². The number of carbonyl (C=O) groups is 2. The first-order chi connectivity index (χ1) is 16.8. The lowest BCUT2D eigenvalue weighted by molar-refractivity contribution is -0.126. The minimum Gasteiger partial charge on any atom is -0.337 e. The number of rotatable bonds is 6. The molecule has 0 spiro atoms. The van der Waals surface area contributed by atoms with Crippen LogP contribution in [0, 0.1) is 13.8 Å². The number of nitrogens with zero attached hydrogens (tertiary/aromatic N) is 5. The average molecular weight is 475 g/mol. The quantitative estimate of drug-likeness (QED) is 0.547. The molecule has 1 atom stereocenters. The number of amides is 2. The van der Waals surface area contributed by atoms with Crippen LogP contribution in [0.1, 0.15) is 46.9 Å². The fourth-order valence-corrected chi connectivity index (χ4v) is 4.63. The van der Waals surface area contributed by atoms with E-state index in [-0.39, 0.29) is 17.9 Å². The van der Waals surface area contributed by atoms with Crippen molar-refractivity contribution < 1.29 is 9.59 Å². The average Bonchev–Trinajstić information content (AvgIpc) is 3.01. The highest BCUT2D eigenvalue weighted by molar-refractivity contribution is 6.04. The normalized spacial score (nSPS) is 16.7. The van der Waals surface area contributed by atoms with Crippen molar-refractivity contribution in [3.63, 3.8) is 0 Å². The number of hydrogen-bond donors (Lipinski definition) is 1. The van der Waals surface area contributed by atoms with Crippen molar-refractivity contribution in [1.82, 2.24) is 24.3 Å². The number of likely N-dealkylation sites (N-methyl/N-ethyl adjacent to an activating group) is 1. The van der Waals surface area contributed by atoms with E-state index in [1.54, 1.807) is 24.4 Å². The second-order valence-corrected chi connectivity index (χ2v) is 9.49. The SMILES string of the molecule is Cc1cc(C(=O)Nc2nc3cccc(C)c3n2[C@@H]2CCCCN(C(=O)/C=C/CN(C)C)C2)ccn1. The number of pyridine rings is 1. The third-order valence-electron chi connectivity index (χ3n) is 6.35. The minimum atomic E-state index is -0.224. The van der Waals surface area contributed by atoms with Crippen molar-refractivity contribution in [2.45, 2.75) is 39.2 Å². The fourth-order valence-electron chi connectivity index (χ4n) is 4.63. The lowest BCUT2D eigenvalue weighted by Gasteiger charge is -2.26. The van der Waals surface area contributed by atoms with Crippen molar-refractivity contribution in [2.24, 2.45) is 0 Å². The van der Waals surface area contributed by atoms with Crippen LogP contribution < -0.4 is 5.32 Å². The molecule has 0 radical (unpaired) electrons. The molecule has 1 aromatic carbocycles. The fraction of sp³-hybridized carbons (Fsp3) is 0.407. The molecule has 1 saturated heterocycles. The van der Waals surface area contributed by atoms with Crippen LogP contribution >= 0.6 is 0 Å². The largest absolute Gasteiger partial charge is 0.337 e. The molecule has 1 aliphatic heterocycles. The van der Waals surface area contributed by atoms with E-state index in [2.05, 4.69) is 27.9 Å². The molecule has 8 heteroatoms. The maximum atomic E-state index is 13.1. The molecular formula is C27H34N6O2. The number of fused-ring (bicyclic) bond motifs is 1. The molecule has 35 heavy (non-hydrogen) atoms. The Kier molecular flexibility index (Phi) is 7.60. The number of imidazole rings is 1. The minimum absolute atomic E-state index is 0.00396. The third-order valence-corrected chi connectivity index (χ3v) is 6.35. The number of hydrogen-bond acceptors (Lipinski definition) is 5. The highest BCUT2D eigenvalue weighted by atomic mass is 16.2. The van der Waals surface area contributed by atoms with Crippen molar-refractivity contribution in [3.8, 4) is 0 Å². The first-order valence-corrected chi connectivity index (χ1v) is 12.1. The summed E-state index contributed by atoms with van der Waals surface area (Å²) in [6.45, 7) is 5.94. The van der Waals surface area contributed by atoms with E-state index in [0.717, 1.165) is 54.6 Å². The van der Waals surface area contributed by atoms with Gasteiger partial charge in [0.1, 0.15) is 0 Å². The number of benzene rings is 1. The summed E-state index contributed by atoms with van der Waals surface area (Å²) in [5.74, 6) is 0.312. The van der Waals surface area contributed by atoms with Gasteiger partial charge >= 0.3 is 0 Å². The van der Waals surface area contributed by atoms with Gasteiger partial charge in [-0.1, -0.05) is 18.2 Å². The Morgan fingerprint density at radius 2 is 2.03 bits per heavy atom. The molecule has 1 fully saturated rings. The first kappa shape index (κ1) is 24.6. The van der Waals surface area contributed by atoms with Gasteiger partial charge in [-0.15, -0.1) is 0 Å². The monoisotopic (exact) mass is 474 g/mol. The van der Waals surface area contributed by atoms with Gasteiger partial charge in [0.25, 0.3) is 5.91 Å². The number of nitrogens with one attached hydrogen (secondary N) is 1. The Hall–Kier alpha value is -3.52. The van der Waals surface area contributed by atoms with E-state index in [1.165, 1.54) is 0 Å². The Bertz CT molecular complexity index is 1250. The number of aromatic nitrogens is 3. The number of para-hydroxylation sites is 1. The molecule has 2 amide bonds. The van der Waals surface area contributed by atoms with Crippen LogP contribution in [0.4, 0.5) is 5.95 Å². The van der Waals surface area contributed by atoms with Crippen molar-refractivity contribution in [3.05, 3.63) is 65.5 Å². The Morgan fingerprint density at radius 3 is 2.80 bits per heavy atom. The molecule has 8 nitrogen and oxygen atoms in total. The van der Waals surface area contributed by atoms with E-state index in [9.17, 15) is 9.59 Å². The van der Waals surface area contributed by atoms with Gasteiger partial charge in [0.15, 0.2) is 0 Å². The van der Waals surface area contributed by atoms with Gasteiger partial charge in [-0.25, -0.2) is 4.98 Å². The summed E-state index contributed by atoms with van der Waals surface area (Å²) < 4.78 is 2.13. The lowest BCUT2D eigenvalue weighted by Crippen LogP contribution is -2.35. The maximum Gasteiger partial charge on any atom is 0.258 e. The van der Waals surface area contributed by atoms with E-state index >= 15 is 0 Å². The molecule has 1 aliphatic rings. The smallest absolute Gasteiger partial charge is 0.258 e. The number of anilines is 1. The molecule has 2 aromatic heterocycles. The molecule has 3 aromatic rings. The molecule has 0 aliphatic carbocycles. The Morgan fingerprint density at radius 1 is 1.20 bits per heavy atom. The zero-order chi connectivity index (χ0) is 24.9. The van der Waals surface area contributed by atoms with Crippen LogP contribution in [0.5, 0.6) is 0 Å². The standard InChI is InChI=1S/C27H34N6O2/c1-19-9-7-11-23-25(19)33(27(29-23)30-26(35)21-13-14-28-20(2)17-21)22-10-5-6-16-32(18-22)24(34)12-8-15-31(3)4/h7-9,11-14,17,22H,5-6,10,15-16,18H2,1-4H3,(H,29,30,35)/b12-8+/t22-/m1/s1. The topological polar surface area (TPSA) is 83.4 Å². The van der Waals surface area contributed by atoms with Gasteiger partial charge in [-0.05, 0) is 71.0 Å². The summed E-state index contributed by atoms with van der Waals surface area (Å²) in [6.07, 6.45) is 8.07. The van der Waals surface area contributed by atoms with Gasteiger partial charge in [0.2, 0.25) is 11.9 Å². The lowest BCUT2D eigenvalue weighted by atomic mass is 10.1. The summed E-state index contributed by atoms with van der Waals surface area (Å²) in [6, 6.07) is 9.47. The number of aryl methyl sites for hydroxylation is 2. The predicted octanol–water partition coefficient (Wildman–Crippen LogP) is 3.97.